The quantitative estimate of drug-likeness (QED) is 0.674. The molecule has 92 valence electrons. The van der Waals surface area contributed by atoms with Crippen molar-refractivity contribution in [3.05, 3.63) is 28.8 Å². The molecular formula is C11H12ClNO3S. The lowest BCUT2D eigenvalue weighted by molar-refractivity contribution is -0.125. The van der Waals surface area contributed by atoms with Gasteiger partial charge in [-0.25, -0.2) is 4.79 Å². The first kappa shape index (κ1) is 13.9. The molecule has 0 heterocycles. The number of thioether (sulfide) groups is 1. The highest BCUT2D eigenvalue weighted by Gasteiger charge is 2.18. The summed E-state index contributed by atoms with van der Waals surface area (Å²) >= 11 is 7.36. The normalized spacial score (nSPS) is 11.9. The van der Waals surface area contributed by atoms with Crippen LogP contribution in [0.2, 0.25) is 5.02 Å². The molecule has 0 aliphatic rings. The lowest BCUT2D eigenvalue weighted by Gasteiger charge is -2.11. The van der Waals surface area contributed by atoms with Crippen molar-refractivity contribution in [1.82, 2.24) is 0 Å². The summed E-state index contributed by atoms with van der Waals surface area (Å²) in [6, 6.07) is 5.02. The second-order valence-electron chi connectivity index (χ2n) is 3.30. The average Bonchev–Trinajstić information content (AvgIpc) is 2.29. The molecule has 2 N–H and O–H groups in total. The third kappa shape index (κ3) is 3.64. The highest BCUT2D eigenvalue weighted by Crippen LogP contribution is 2.23. The molecule has 0 aliphatic heterocycles. The first-order valence-corrected chi connectivity index (χ1v) is 6.39. The van der Waals surface area contributed by atoms with E-state index in [1.54, 1.807) is 18.2 Å². The zero-order valence-corrected chi connectivity index (χ0v) is 11.0. The minimum absolute atomic E-state index is 0.228. The monoisotopic (exact) mass is 273 g/mol. The fourth-order valence-electron chi connectivity index (χ4n) is 1.07. The Morgan fingerprint density at radius 3 is 2.65 bits per heavy atom. The molecule has 4 nitrogen and oxygen atoms in total. The molecule has 1 rings (SSSR count). The molecule has 0 saturated carbocycles. The van der Waals surface area contributed by atoms with Gasteiger partial charge in [-0.3, -0.25) is 4.79 Å². The Kier molecular flexibility index (Phi) is 4.84. The summed E-state index contributed by atoms with van der Waals surface area (Å²) in [7, 11) is 0. The lowest BCUT2D eigenvalue weighted by atomic mass is 10.2. The summed E-state index contributed by atoms with van der Waals surface area (Å²) < 4.78 is 4.87. The van der Waals surface area contributed by atoms with Crippen LogP contribution in [0.25, 0.3) is 0 Å². The van der Waals surface area contributed by atoms with E-state index < -0.39 is 18.0 Å². The van der Waals surface area contributed by atoms with Crippen LogP contribution in [0.4, 0.5) is 0 Å². The van der Waals surface area contributed by atoms with E-state index in [0.717, 1.165) is 4.90 Å². The zero-order valence-electron chi connectivity index (χ0n) is 9.40. The van der Waals surface area contributed by atoms with Crippen LogP contribution in [0.3, 0.4) is 0 Å². The van der Waals surface area contributed by atoms with Gasteiger partial charge in [-0.15, -0.1) is 11.8 Å². The largest absolute Gasteiger partial charge is 0.449 e. The van der Waals surface area contributed by atoms with Crippen LogP contribution < -0.4 is 5.73 Å². The van der Waals surface area contributed by atoms with Gasteiger partial charge >= 0.3 is 5.97 Å². The molecule has 0 spiro atoms. The van der Waals surface area contributed by atoms with Gasteiger partial charge in [-0.1, -0.05) is 11.6 Å². The first-order valence-electron chi connectivity index (χ1n) is 4.79. The van der Waals surface area contributed by atoms with Crippen LogP contribution in [0.15, 0.2) is 23.1 Å². The number of rotatable bonds is 4. The van der Waals surface area contributed by atoms with Gasteiger partial charge in [-0.2, -0.15) is 0 Å². The molecule has 0 fully saturated rings. The van der Waals surface area contributed by atoms with Gasteiger partial charge in [0.2, 0.25) is 0 Å². The van der Waals surface area contributed by atoms with E-state index in [9.17, 15) is 9.59 Å². The third-order valence-electron chi connectivity index (χ3n) is 2.08. The topological polar surface area (TPSA) is 69.4 Å². The number of benzene rings is 1. The number of ether oxygens (including phenoxy) is 1. The number of carbonyl (C=O) groups excluding carboxylic acids is 2. The predicted molar refractivity (Wildman–Crippen MR) is 67.3 cm³/mol. The predicted octanol–water partition coefficient (Wildman–Crippen LogP) is 2.09. The number of esters is 1. The minimum atomic E-state index is -0.975. The maximum Gasteiger partial charge on any atom is 0.340 e. The standard InChI is InChI=1S/C11H12ClNO3S/c1-6(10(13)14)16-11(15)8-5-7(17-2)3-4-9(8)12/h3-6H,1-2H3,(H2,13,14). The smallest absolute Gasteiger partial charge is 0.340 e. The maximum absolute atomic E-state index is 11.7. The molecule has 0 aromatic heterocycles. The van der Waals surface area contributed by atoms with Crippen LogP contribution in [0.5, 0.6) is 0 Å². The highest BCUT2D eigenvalue weighted by atomic mass is 35.5. The Balaban J connectivity index is 2.91. The Labute approximate surface area is 108 Å². The second-order valence-corrected chi connectivity index (χ2v) is 4.58. The van der Waals surface area contributed by atoms with Gasteiger partial charge < -0.3 is 10.5 Å². The number of nitrogens with two attached hydrogens (primary N) is 1. The van der Waals surface area contributed by atoms with Crippen molar-refractivity contribution in [1.29, 1.82) is 0 Å². The van der Waals surface area contributed by atoms with Crippen LogP contribution in [-0.4, -0.2) is 24.2 Å². The molecule has 0 aliphatic carbocycles. The van der Waals surface area contributed by atoms with E-state index >= 15 is 0 Å². The van der Waals surface area contributed by atoms with Crippen LogP contribution >= 0.6 is 23.4 Å². The number of hydrogen-bond acceptors (Lipinski definition) is 4. The summed E-state index contributed by atoms with van der Waals surface area (Å²) in [4.78, 5) is 23.4. The molecule has 1 unspecified atom stereocenters. The number of halogens is 1. The second kappa shape index (κ2) is 5.93. The van der Waals surface area contributed by atoms with Crippen LogP contribution in [0, 0.1) is 0 Å². The Morgan fingerprint density at radius 2 is 2.12 bits per heavy atom. The van der Waals surface area contributed by atoms with Gasteiger partial charge in [0.1, 0.15) is 0 Å². The van der Waals surface area contributed by atoms with Crippen molar-refractivity contribution in [2.45, 2.75) is 17.9 Å². The summed E-state index contributed by atoms with van der Waals surface area (Å²) in [5.41, 5.74) is 5.23. The van der Waals surface area contributed by atoms with Crippen molar-refractivity contribution in [2.75, 3.05) is 6.26 Å². The van der Waals surface area contributed by atoms with E-state index in [4.69, 9.17) is 22.1 Å². The van der Waals surface area contributed by atoms with Crippen LogP contribution in [-0.2, 0) is 9.53 Å². The third-order valence-corrected chi connectivity index (χ3v) is 3.13. The molecule has 0 bridgehead atoms. The molecule has 6 heteroatoms. The molecule has 0 saturated heterocycles. The maximum atomic E-state index is 11.7. The van der Waals surface area contributed by atoms with E-state index in [2.05, 4.69) is 0 Å². The number of amides is 1. The van der Waals surface area contributed by atoms with Gasteiger partial charge in [0.15, 0.2) is 6.10 Å². The van der Waals surface area contributed by atoms with Crippen molar-refractivity contribution >= 4 is 35.2 Å². The molecule has 1 amide bonds. The number of primary amides is 1. The summed E-state index contributed by atoms with van der Waals surface area (Å²) in [6.07, 6.45) is 0.904. The fourth-order valence-corrected chi connectivity index (χ4v) is 1.70. The summed E-state index contributed by atoms with van der Waals surface area (Å²) in [5, 5.41) is 0.282. The van der Waals surface area contributed by atoms with Gasteiger partial charge in [0.05, 0.1) is 10.6 Å². The fraction of sp³-hybridized carbons (Fsp3) is 0.273. The zero-order chi connectivity index (χ0) is 13.0. The van der Waals surface area contributed by atoms with Crippen molar-refractivity contribution in [2.24, 2.45) is 5.73 Å². The van der Waals surface area contributed by atoms with E-state index in [1.165, 1.54) is 18.7 Å². The Hall–Kier alpha value is -1.20. The van der Waals surface area contributed by atoms with Crippen molar-refractivity contribution in [3.8, 4) is 0 Å². The Morgan fingerprint density at radius 1 is 1.47 bits per heavy atom. The number of hydrogen-bond donors (Lipinski definition) is 1. The van der Waals surface area contributed by atoms with Crippen molar-refractivity contribution in [3.63, 3.8) is 0 Å². The molecule has 1 atom stereocenters. The number of carbonyl (C=O) groups is 2. The molecule has 17 heavy (non-hydrogen) atoms. The molecule has 0 radical (unpaired) electrons. The summed E-state index contributed by atoms with van der Waals surface area (Å²) in [6.45, 7) is 1.41. The van der Waals surface area contributed by atoms with Crippen LogP contribution in [0.1, 0.15) is 17.3 Å². The molecule has 1 aromatic rings. The van der Waals surface area contributed by atoms with Gasteiger partial charge in [0.25, 0.3) is 5.91 Å². The van der Waals surface area contributed by atoms with Gasteiger partial charge in [0, 0.05) is 4.90 Å². The Bertz CT molecular complexity index is 450. The van der Waals surface area contributed by atoms with Crippen molar-refractivity contribution < 1.29 is 14.3 Å². The highest BCUT2D eigenvalue weighted by molar-refractivity contribution is 7.98. The SMILES string of the molecule is CSc1ccc(Cl)c(C(=O)OC(C)C(N)=O)c1. The van der Waals surface area contributed by atoms with E-state index in [0.29, 0.717) is 0 Å². The van der Waals surface area contributed by atoms with E-state index in [-0.39, 0.29) is 10.6 Å². The lowest BCUT2D eigenvalue weighted by Crippen LogP contribution is -2.30. The summed E-state index contributed by atoms with van der Waals surface area (Å²) in [5.74, 6) is -1.35. The first-order chi connectivity index (χ1) is 7.95. The molecule has 1 aromatic carbocycles. The average molecular weight is 274 g/mol. The van der Waals surface area contributed by atoms with E-state index in [1.807, 2.05) is 6.26 Å². The molecular weight excluding hydrogens is 262 g/mol. The van der Waals surface area contributed by atoms with Gasteiger partial charge in [-0.05, 0) is 31.4 Å². The minimum Gasteiger partial charge on any atom is -0.449 e.